The van der Waals surface area contributed by atoms with Crippen LogP contribution in [0.2, 0.25) is 0 Å². The highest BCUT2D eigenvalue weighted by molar-refractivity contribution is 7.84. The number of carbonyl (C=O) groups is 2. The topological polar surface area (TPSA) is 66.5 Å². The van der Waals surface area contributed by atoms with Crippen LogP contribution in [0.4, 0.5) is 0 Å². The first-order valence-corrected chi connectivity index (χ1v) is 6.59. The quantitative estimate of drug-likeness (QED) is 0.683. The summed E-state index contributed by atoms with van der Waals surface area (Å²) in [5.41, 5.74) is 0. The summed E-state index contributed by atoms with van der Waals surface area (Å²) in [6, 6.07) is -0.0209. The van der Waals surface area contributed by atoms with Crippen molar-refractivity contribution in [3.8, 4) is 0 Å². The highest BCUT2D eigenvalue weighted by Gasteiger charge is 2.26. The predicted molar refractivity (Wildman–Crippen MR) is 57.7 cm³/mol. The number of carbonyl (C=O) groups excluding carboxylic acids is 2. The molecule has 2 unspecified atom stereocenters. The van der Waals surface area contributed by atoms with E-state index in [4.69, 9.17) is 0 Å². The van der Waals surface area contributed by atoms with Crippen molar-refractivity contribution < 1.29 is 13.8 Å². The normalized spacial score (nSPS) is 21.1. The first-order chi connectivity index (χ1) is 7.00. The van der Waals surface area contributed by atoms with E-state index in [0.717, 1.165) is 0 Å². The Morgan fingerprint density at radius 2 is 2.20 bits per heavy atom. The molecule has 5 nitrogen and oxygen atoms in total. The van der Waals surface area contributed by atoms with Crippen LogP contribution in [0, 0.1) is 0 Å². The van der Waals surface area contributed by atoms with Gasteiger partial charge in [-0.05, 0) is 13.3 Å². The SMILES string of the molecule is CC(CCS(C)=O)N1CC(=O)NCC1=O. The predicted octanol–water partition coefficient (Wildman–Crippen LogP) is -0.898. The van der Waals surface area contributed by atoms with Crippen LogP contribution >= 0.6 is 0 Å². The zero-order valence-corrected chi connectivity index (χ0v) is 9.80. The third-order valence-electron chi connectivity index (χ3n) is 2.43. The van der Waals surface area contributed by atoms with E-state index in [2.05, 4.69) is 5.32 Å². The van der Waals surface area contributed by atoms with Gasteiger partial charge in [-0.25, -0.2) is 0 Å². The minimum atomic E-state index is -0.849. The lowest BCUT2D eigenvalue weighted by Crippen LogP contribution is -2.54. The largest absolute Gasteiger partial charge is 0.345 e. The Balaban J connectivity index is 2.49. The van der Waals surface area contributed by atoms with Crippen molar-refractivity contribution in [1.82, 2.24) is 10.2 Å². The smallest absolute Gasteiger partial charge is 0.242 e. The maximum Gasteiger partial charge on any atom is 0.242 e. The molecule has 0 spiro atoms. The average Bonchev–Trinajstić information content (AvgIpc) is 2.18. The first kappa shape index (κ1) is 12.2. The molecule has 1 heterocycles. The van der Waals surface area contributed by atoms with Gasteiger partial charge < -0.3 is 10.2 Å². The van der Waals surface area contributed by atoms with Gasteiger partial charge in [0.25, 0.3) is 0 Å². The molecule has 1 N–H and O–H groups in total. The molecule has 1 aliphatic rings. The molecule has 0 aromatic rings. The summed E-state index contributed by atoms with van der Waals surface area (Å²) < 4.78 is 10.9. The summed E-state index contributed by atoms with van der Waals surface area (Å²) in [4.78, 5) is 24.1. The lowest BCUT2D eigenvalue weighted by molar-refractivity contribution is -0.142. The van der Waals surface area contributed by atoms with E-state index in [0.29, 0.717) is 12.2 Å². The summed E-state index contributed by atoms with van der Waals surface area (Å²) in [6.07, 6.45) is 2.31. The highest BCUT2D eigenvalue weighted by atomic mass is 32.2. The molecule has 1 aliphatic heterocycles. The van der Waals surface area contributed by atoms with E-state index < -0.39 is 10.8 Å². The molecular formula is C9H16N2O3S. The summed E-state index contributed by atoms with van der Waals surface area (Å²) in [6.45, 7) is 2.08. The fraction of sp³-hybridized carbons (Fsp3) is 0.778. The average molecular weight is 232 g/mol. The van der Waals surface area contributed by atoms with Gasteiger partial charge in [0.05, 0.1) is 13.1 Å². The van der Waals surface area contributed by atoms with Crippen molar-refractivity contribution in [2.45, 2.75) is 19.4 Å². The van der Waals surface area contributed by atoms with E-state index in [-0.39, 0.29) is 30.9 Å². The Morgan fingerprint density at radius 1 is 1.53 bits per heavy atom. The molecule has 2 atom stereocenters. The Hall–Kier alpha value is -0.910. The van der Waals surface area contributed by atoms with Gasteiger partial charge in [-0.2, -0.15) is 0 Å². The molecule has 1 rings (SSSR count). The number of nitrogens with one attached hydrogen (secondary N) is 1. The van der Waals surface area contributed by atoms with Crippen molar-refractivity contribution in [1.29, 1.82) is 0 Å². The maximum absolute atomic E-state index is 11.5. The molecule has 0 bridgehead atoms. The summed E-state index contributed by atoms with van der Waals surface area (Å²) in [7, 11) is -0.849. The third kappa shape index (κ3) is 3.62. The lowest BCUT2D eigenvalue weighted by atomic mass is 10.2. The molecule has 15 heavy (non-hydrogen) atoms. The molecular weight excluding hydrogens is 216 g/mol. The van der Waals surface area contributed by atoms with Crippen molar-refractivity contribution in [2.24, 2.45) is 0 Å². The first-order valence-electron chi connectivity index (χ1n) is 4.87. The molecule has 6 heteroatoms. The standard InChI is InChI=1S/C9H16N2O3S/c1-7(3-4-15(2)14)11-6-8(12)10-5-9(11)13/h7H,3-6H2,1-2H3,(H,10,12). The van der Waals surface area contributed by atoms with E-state index in [1.807, 2.05) is 6.92 Å². The van der Waals surface area contributed by atoms with E-state index >= 15 is 0 Å². The van der Waals surface area contributed by atoms with Crippen LogP contribution in [0.25, 0.3) is 0 Å². The van der Waals surface area contributed by atoms with Crippen molar-refractivity contribution in [3.05, 3.63) is 0 Å². The Labute approximate surface area is 91.7 Å². The molecule has 2 amide bonds. The van der Waals surface area contributed by atoms with Crippen LogP contribution in [0.5, 0.6) is 0 Å². The lowest BCUT2D eigenvalue weighted by Gasteiger charge is -2.32. The second kappa shape index (κ2) is 5.25. The van der Waals surface area contributed by atoms with Gasteiger partial charge in [-0.3, -0.25) is 13.8 Å². The number of amides is 2. The molecule has 0 radical (unpaired) electrons. The minimum Gasteiger partial charge on any atom is -0.345 e. The van der Waals surface area contributed by atoms with Gasteiger partial charge in [0.15, 0.2) is 0 Å². The van der Waals surface area contributed by atoms with Crippen molar-refractivity contribution >= 4 is 22.6 Å². The van der Waals surface area contributed by atoms with E-state index in [9.17, 15) is 13.8 Å². The van der Waals surface area contributed by atoms with Gasteiger partial charge in [0.1, 0.15) is 0 Å². The number of piperazine rings is 1. The molecule has 0 aromatic heterocycles. The summed E-state index contributed by atoms with van der Waals surface area (Å²) in [5, 5.41) is 2.49. The Kier molecular flexibility index (Phi) is 4.26. The summed E-state index contributed by atoms with van der Waals surface area (Å²) >= 11 is 0. The van der Waals surface area contributed by atoms with Crippen LogP contribution in [0.15, 0.2) is 0 Å². The Bertz CT molecular complexity index is 293. The number of hydrogen-bond acceptors (Lipinski definition) is 3. The summed E-state index contributed by atoms with van der Waals surface area (Å²) in [5.74, 6) is 0.370. The maximum atomic E-state index is 11.5. The van der Waals surface area contributed by atoms with Gasteiger partial charge in [0.2, 0.25) is 11.8 Å². The van der Waals surface area contributed by atoms with E-state index in [1.165, 1.54) is 0 Å². The van der Waals surface area contributed by atoms with E-state index in [1.54, 1.807) is 11.2 Å². The third-order valence-corrected chi connectivity index (χ3v) is 3.24. The second-order valence-electron chi connectivity index (χ2n) is 3.71. The van der Waals surface area contributed by atoms with Gasteiger partial charge in [0, 0.05) is 28.9 Å². The van der Waals surface area contributed by atoms with Crippen LogP contribution in [-0.4, -0.2) is 52.1 Å². The highest BCUT2D eigenvalue weighted by Crippen LogP contribution is 2.07. The van der Waals surface area contributed by atoms with Crippen LogP contribution in [0.1, 0.15) is 13.3 Å². The molecule has 1 saturated heterocycles. The van der Waals surface area contributed by atoms with Gasteiger partial charge in [-0.1, -0.05) is 0 Å². The fourth-order valence-corrected chi connectivity index (χ4v) is 2.14. The molecule has 0 saturated carbocycles. The van der Waals surface area contributed by atoms with Crippen LogP contribution < -0.4 is 5.32 Å². The molecule has 0 aliphatic carbocycles. The van der Waals surface area contributed by atoms with Crippen LogP contribution in [0.3, 0.4) is 0 Å². The fourth-order valence-electron chi connectivity index (χ4n) is 1.47. The van der Waals surface area contributed by atoms with Crippen molar-refractivity contribution in [2.75, 3.05) is 25.1 Å². The Morgan fingerprint density at radius 3 is 2.80 bits per heavy atom. The number of nitrogens with zero attached hydrogens (tertiary/aromatic N) is 1. The molecule has 0 aromatic carbocycles. The van der Waals surface area contributed by atoms with Crippen LogP contribution in [-0.2, 0) is 20.4 Å². The number of rotatable bonds is 4. The second-order valence-corrected chi connectivity index (χ2v) is 5.27. The zero-order chi connectivity index (χ0) is 11.4. The van der Waals surface area contributed by atoms with Gasteiger partial charge >= 0.3 is 0 Å². The monoisotopic (exact) mass is 232 g/mol. The number of hydrogen-bond donors (Lipinski definition) is 1. The zero-order valence-electron chi connectivity index (χ0n) is 8.99. The minimum absolute atomic E-state index is 0.0209. The van der Waals surface area contributed by atoms with Crippen molar-refractivity contribution in [3.63, 3.8) is 0 Å². The van der Waals surface area contributed by atoms with Gasteiger partial charge in [-0.15, -0.1) is 0 Å². The molecule has 86 valence electrons. The molecule has 1 fully saturated rings.